The van der Waals surface area contributed by atoms with Gasteiger partial charge in [0.25, 0.3) is 0 Å². The summed E-state index contributed by atoms with van der Waals surface area (Å²) in [5.41, 5.74) is 11.5. The molecule has 4 aliphatic rings. The number of allylic oxidation sites excluding steroid dienone is 8. The Labute approximate surface area is 344 Å². The van der Waals surface area contributed by atoms with Gasteiger partial charge >= 0.3 is 0 Å². The smallest absolute Gasteiger partial charge is 0.171 e. The average Bonchev–Trinajstić information content (AvgIpc) is 3.69. The molecular weight excluding hydrogens is 742 g/mol. The summed E-state index contributed by atoms with van der Waals surface area (Å²) in [6.45, 7) is 2.30. The van der Waals surface area contributed by atoms with Gasteiger partial charge in [-0.3, -0.25) is 0 Å². The van der Waals surface area contributed by atoms with Crippen LogP contribution in [0.4, 0.5) is 5.69 Å². The number of rotatable bonds is 6. The quantitative estimate of drug-likeness (QED) is 0.170. The third-order valence-corrected chi connectivity index (χ3v) is 17.0. The Morgan fingerprint density at radius 1 is 0.621 bits per heavy atom. The van der Waals surface area contributed by atoms with E-state index < -0.39 is 7.14 Å². The Hall–Kier alpha value is -5.99. The highest BCUT2D eigenvalue weighted by Crippen LogP contribution is 2.56. The van der Waals surface area contributed by atoms with E-state index in [1.807, 2.05) is 72.0 Å². The summed E-state index contributed by atoms with van der Waals surface area (Å²) in [5, 5.41) is 8.11. The molecule has 6 aromatic carbocycles. The van der Waals surface area contributed by atoms with E-state index in [-0.39, 0.29) is 23.8 Å². The fraction of sp³-hybridized carbons (Fsp3) is 0.111. The van der Waals surface area contributed by atoms with Crippen molar-refractivity contribution in [3.05, 3.63) is 227 Å². The van der Waals surface area contributed by atoms with Crippen molar-refractivity contribution in [1.29, 1.82) is 0 Å². The van der Waals surface area contributed by atoms with Gasteiger partial charge in [0.05, 0.1) is 11.7 Å². The van der Waals surface area contributed by atoms with Gasteiger partial charge in [-0.15, -0.1) is 11.3 Å². The summed E-state index contributed by atoms with van der Waals surface area (Å²) in [5.74, 6) is 0.928. The summed E-state index contributed by atoms with van der Waals surface area (Å²) in [6, 6.07) is 53.2. The molecule has 0 bridgehead atoms. The average molecular weight is 784 g/mol. The first-order chi connectivity index (χ1) is 28.6. The van der Waals surface area contributed by atoms with Gasteiger partial charge in [0.1, 0.15) is 0 Å². The maximum atomic E-state index is 15.4. The molecule has 0 amide bonds. The Balaban J connectivity index is 1.04. The molecule has 5 atom stereocenters. The molecule has 0 fully saturated rings. The highest BCUT2D eigenvalue weighted by Gasteiger charge is 2.39. The highest BCUT2D eigenvalue weighted by atomic mass is 32.1. The molecule has 0 saturated carbocycles. The number of hydrogen-bond donors (Lipinski definition) is 1. The van der Waals surface area contributed by atoms with E-state index in [1.54, 1.807) is 0 Å². The van der Waals surface area contributed by atoms with Crippen LogP contribution in [0.2, 0.25) is 0 Å². The van der Waals surface area contributed by atoms with Gasteiger partial charge in [-0.05, 0) is 45.9 Å². The second kappa shape index (κ2) is 14.1. The second-order valence-electron chi connectivity index (χ2n) is 16.0. The van der Waals surface area contributed by atoms with Crippen LogP contribution >= 0.6 is 18.5 Å². The maximum Gasteiger partial charge on any atom is 0.171 e. The largest absolute Gasteiger partial charge is 0.373 e. The first-order valence-electron chi connectivity index (χ1n) is 20.4. The van der Waals surface area contributed by atoms with E-state index in [1.165, 1.54) is 65.2 Å². The Kier molecular flexibility index (Phi) is 8.58. The van der Waals surface area contributed by atoms with E-state index in [0.717, 1.165) is 15.9 Å². The number of fused-ring (bicyclic) bond motifs is 8. The van der Waals surface area contributed by atoms with Crippen molar-refractivity contribution >= 4 is 61.8 Å². The van der Waals surface area contributed by atoms with Crippen LogP contribution < -0.4 is 21.2 Å². The normalized spacial score (nSPS) is 21.6. The van der Waals surface area contributed by atoms with E-state index in [9.17, 15) is 0 Å². The van der Waals surface area contributed by atoms with Crippen molar-refractivity contribution in [2.24, 2.45) is 11.8 Å². The first kappa shape index (κ1) is 35.2. The van der Waals surface area contributed by atoms with Crippen LogP contribution in [0.1, 0.15) is 51.9 Å². The predicted molar refractivity (Wildman–Crippen MR) is 247 cm³/mol. The summed E-state index contributed by atoms with van der Waals surface area (Å²) in [4.78, 5) is 1.39. The van der Waals surface area contributed by atoms with Crippen LogP contribution in [0.5, 0.6) is 0 Å². The third-order valence-electron chi connectivity index (χ3n) is 12.7. The third kappa shape index (κ3) is 5.63. The van der Waals surface area contributed by atoms with Crippen molar-refractivity contribution in [3.63, 3.8) is 0 Å². The van der Waals surface area contributed by atoms with Crippen LogP contribution in [0.15, 0.2) is 200 Å². The lowest BCUT2D eigenvalue weighted by molar-refractivity contribution is 0.592. The topological polar surface area (TPSA) is 29.1 Å². The lowest BCUT2D eigenvalue weighted by Gasteiger charge is -2.39. The molecular formula is C54H42NOPS. The number of para-hydroxylation sites is 1. The fourth-order valence-electron chi connectivity index (χ4n) is 9.87. The molecule has 4 heteroatoms. The minimum Gasteiger partial charge on any atom is -0.373 e. The van der Waals surface area contributed by atoms with Gasteiger partial charge in [0.2, 0.25) is 0 Å². The molecule has 0 spiro atoms. The molecule has 7 aromatic rings. The second-order valence-corrected chi connectivity index (χ2v) is 19.8. The number of thiophene rings is 1. The van der Waals surface area contributed by atoms with E-state index >= 15 is 4.57 Å². The zero-order valence-electron chi connectivity index (χ0n) is 32.2. The summed E-state index contributed by atoms with van der Waals surface area (Å²) in [7, 11) is -3.12. The van der Waals surface area contributed by atoms with E-state index in [0.29, 0.717) is 5.92 Å². The summed E-state index contributed by atoms with van der Waals surface area (Å²) in [6.07, 6.45) is 18.8. The minimum absolute atomic E-state index is 0.0164. The van der Waals surface area contributed by atoms with Gasteiger partial charge in [0.15, 0.2) is 7.14 Å². The lowest BCUT2D eigenvalue weighted by Crippen LogP contribution is -2.27. The molecule has 1 N–H and O–H groups in total. The fourth-order valence-corrected chi connectivity index (χ4v) is 13.9. The predicted octanol–water partition coefficient (Wildman–Crippen LogP) is 13.0. The lowest BCUT2D eigenvalue weighted by atomic mass is 9.70. The number of nitrogens with one attached hydrogen (secondary N) is 1. The van der Waals surface area contributed by atoms with Crippen molar-refractivity contribution in [1.82, 2.24) is 0 Å². The molecule has 3 aliphatic carbocycles. The molecule has 2 nitrogen and oxygen atoms in total. The standard InChI is InChI=1S/C54H42NOPS/c1-35-30-31-38(33-48(35)36-17-14-22-41(32-36)57(56,39-18-4-2-5-19-39)40-20-6-3-7-21-40)43-27-15-28-47-51-46-26-12-13-29-50(46)58-54(51)53(55-52(43)47)49-34-37-16-8-9-23-42(37)44-24-10-11-25-45(44)49/h2-35,44-45,48,53,55H,1H3. The van der Waals surface area contributed by atoms with Gasteiger partial charge in [-0.2, -0.15) is 0 Å². The van der Waals surface area contributed by atoms with E-state index in [4.69, 9.17) is 0 Å². The number of hydrogen-bond acceptors (Lipinski definition) is 3. The zero-order chi connectivity index (χ0) is 38.8. The van der Waals surface area contributed by atoms with Gasteiger partial charge in [-0.1, -0.05) is 195 Å². The van der Waals surface area contributed by atoms with Crippen molar-refractivity contribution in [2.75, 3.05) is 5.32 Å². The van der Waals surface area contributed by atoms with Crippen molar-refractivity contribution in [2.45, 2.75) is 24.8 Å². The van der Waals surface area contributed by atoms with Crippen molar-refractivity contribution < 1.29 is 4.57 Å². The highest BCUT2D eigenvalue weighted by molar-refractivity contribution is 7.85. The molecule has 1 aromatic heterocycles. The molecule has 2 heterocycles. The molecule has 1 aliphatic heterocycles. The van der Waals surface area contributed by atoms with Gasteiger partial charge in [0, 0.05) is 65.3 Å². The number of benzene rings is 6. The zero-order valence-corrected chi connectivity index (χ0v) is 33.9. The van der Waals surface area contributed by atoms with Crippen LogP contribution in [0.3, 0.4) is 0 Å². The molecule has 280 valence electrons. The molecule has 58 heavy (non-hydrogen) atoms. The summed E-state index contributed by atoms with van der Waals surface area (Å²) < 4.78 is 16.7. The Morgan fingerprint density at radius 3 is 2.10 bits per heavy atom. The Morgan fingerprint density at radius 2 is 1.29 bits per heavy atom. The van der Waals surface area contributed by atoms with Crippen molar-refractivity contribution in [3.8, 4) is 11.1 Å². The maximum absolute atomic E-state index is 15.4. The number of anilines is 1. The molecule has 0 radical (unpaired) electrons. The SMILES string of the molecule is CC1C=CC(c2cccc3c2NC(C2=Cc4ccccc4C4C=CC=CC24)c2sc4ccccc4c2-3)=CC1c1cccc(P(=O)(c2ccccc2)c2ccccc2)c1. The van der Waals surface area contributed by atoms with Crippen LogP contribution in [-0.2, 0) is 4.57 Å². The molecule has 11 rings (SSSR count). The Bertz CT molecular complexity index is 2910. The van der Waals surface area contributed by atoms with Crippen LogP contribution in [-0.4, -0.2) is 0 Å². The molecule has 0 saturated heterocycles. The van der Waals surface area contributed by atoms with Gasteiger partial charge < -0.3 is 9.88 Å². The van der Waals surface area contributed by atoms with Crippen LogP contribution in [0, 0.1) is 11.8 Å². The first-order valence-corrected chi connectivity index (χ1v) is 22.9. The monoisotopic (exact) mass is 783 g/mol. The van der Waals surface area contributed by atoms with Crippen LogP contribution in [0.25, 0.3) is 32.9 Å². The van der Waals surface area contributed by atoms with Gasteiger partial charge in [-0.25, -0.2) is 0 Å². The van der Waals surface area contributed by atoms with E-state index in [2.05, 4.69) is 152 Å². The summed E-state index contributed by atoms with van der Waals surface area (Å²) >= 11 is 1.93. The molecule has 5 unspecified atom stereocenters. The minimum atomic E-state index is -3.12.